The van der Waals surface area contributed by atoms with E-state index in [1.165, 1.54) is 6.07 Å². The van der Waals surface area contributed by atoms with Crippen molar-refractivity contribution >= 4 is 11.8 Å². The summed E-state index contributed by atoms with van der Waals surface area (Å²) >= 11 is 0. The van der Waals surface area contributed by atoms with Gasteiger partial charge < -0.3 is 4.52 Å². The largest absolute Gasteiger partial charge is 0.338 e. The minimum absolute atomic E-state index is 0.223. The molecule has 24 heavy (non-hydrogen) atoms. The lowest BCUT2D eigenvalue weighted by molar-refractivity contribution is -0.119. The van der Waals surface area contributed by atoms with Gasteiger partial charge in [0.1, 0.15) is 6.04 Å². The van der Waals surface area contributed by atoms with Gasteiger partial charge in [-0.2, -0.15) is 5.10 Å². The first-order valence-corrected chi connectivity index (χ1v) is 7.29. The number of nitrogens with one attached hydrogen (secondary N) is 1. The number of carbonyl (C=O) groups excluding carboxylic acids is 1. The van der Waals surface area contributed by atoms with Crippen molar-refractivity contribution in [2.75, 3.05) is 5.32 Å². The highest BCUT2D eigenvalue weighted by molar-refractivity contribution is 5.92. The van der Waals surface area contributed by atoms with Gasteiger partial charge in [0.2, 0.25) is 5.88 Å². The van der Waals surface area contributed by atoms with Gasteiger partial charge in [0.25, 0.3) is 11.5 Å². The van der Waals surface area contributed by atoms with E-state index >= 15 is 0 Å². The number of pyridine rings is 1. The molecule has 3 aromatic rings. The molecule has 0 bridgehead atoms. The Labute approximate surface area is 137 Å². The van der Waals surface area contributed by atoms with Crippen molar-refractivity contribution in [2.45, 2.75) is 19.9 Å². The molecule has 1 N–H and O–H groups in total. The topological polar surface area (TPSA) is 103 Å². The van der Waals surface area contributed by atoms with Crippen LogP contribution in [0.1, 0.15) is 18.7 Å². The van der Waals surface area contributed by atoms with Gasteiger partial charge in [-0.25, -0.2) is 4.68 Å². The Hall–Kier alpha value is -3.29. The fourth-order valence-corrected chi connectivity index (χ4v) is 2.13. The Morgan fingerprint density at radius 2 is 2.17 bits per heavy atom. The predicted molar refractivity (Wildman–Crippen MR) is 86.3 cm³/mol. The zero-order valence-electron chi connectivity index (χ0n) is 13.1. The summed E-state index contributed by atoms with van der Waals surface area (Å²) in [7, 11) is 0. The second-order valence-electron chi connectivity index (χ2n) is 5.24. The second kappa shape index (κ2) is 6.45. The first-order chi connectivity index (χ1) is 11.5. The maximum atomic E-state index is 12.3. The fourth-order valence-electron chi connectivity index (χ4n) is 2.13. The van der Waals surface area contributed by atoms with Crippen LogP contribution in [0.3, 0.4) is 0 Å². The monoisotopic (exact) mass is 325 g/mol. The van der Waals surface area contributed by atoms with Crippen LogP contribution in [-0.4, -0.2) is 25.8 Å². The molecule has 0 aromatic carbocycles. The van der Waals surface area contributed by atoms with E-state index in [1.807, 2.05) is 6.07 Å². The van der Waals surface area contributed by atoms with Crippen LogP contribution in [0.2, 0.25) is 0 Å². The SMILES string of the molecule is Cc1cc(NC(=O)C(C)n2nc(-c3cccnc3)ccc2=O)on1. The van der Waals surface area contributed by atoms with Crippen LogP contribution in [0.5, 0.6) is 0 Å². The fraction of sp³-hybridized carbons (Fsp3) is 0.188. The van der Waals surface area contributed by atoms with Crippen LogP contribution in [0.25, 0.3) is 11.3 Å². The number of rotatable bonds is 4. The molecule has 0 radical (unpaired) electrons. The van der Waals surface area contributed by atoms with E-state index in [9.17, 15) is 9.59 Å². The molecule has 1 amide bonds. The normalized spacial score (nSPS) is 11.9. The van der Waals surface area contributed by atoms with Gasteiger partial charge >= 0.3 is 0 Å². The third kappa shape index (κ3) is 3.22. The highest BCUT2D eigenvalue weighted by Crippen LogP contribution is 2.15. The average Bonchev–Trinajstić information content (AvgIpc) is 3.00. The van der Waals surface area contributed by atoms with Gasteiger partial charge in [0.15, 0.2) is 0 Å². The number of anilines is 1. The number of nitrogens with zero attached hydrogens (tertiary/aromatic N) is 4. The van der Waals surface area contributed by atoms with E-state index in [-0.39, 0.29) is 11.4 Å². The maximum absolute atomic E-state index is 12.3. The van der Waals surface area contributed by atoms with Crippen LogP contribution in [0.4, 0.5) is 5.88 Å². The number of aromatic nitrogens is 4. The zero-order valence-corrected chi connectivity index (χ0v) is 13.1. The summed E-state index contributed by atoms with van der Waals surface area (Å²) in [5.74, 6) is -0.204. The van der Waals surface area contributed by atoms with Crippen molar-refractivity contribution in [1.29, 1.82) is 0 Å². The van der Waals surface area contributed by atoms with E-state index in [1.54, 1.807) is 44.4 Å². The Morgan fingerprint density at radius 1 is 1.33 bits per heavy atom. The minimum atomic E-state index is -0.820. The summed E-state index contributed by atoms with van der Waals surface area (Å²) in [5.41, 5.74) is 1.58. The Kier molecular flexibility index (Phi) is 4.19. The molecule has 3 rings (SSSR count). The molecule has 3 aromatic heterocycles. The molecule has 1 unspecified atom stereocenters. The molecule has 0 saturated heterocycles. The Bertz CT molecular complexity index is 917. The zero-order chi connectivity index (χ0) is 17.1. The van der Waals surface area contributed by atoms with E-state index < -0.39 is 11.9 Å². The standard InChI is InChI=1S/C16H15N5O3/c1-10-8-14(24-20-10)18-16(23)11(2)21-15(22)6-5-13(19-21)12-4-3-7-17-9-12/h3-9,11H,1-2H3,(H,18,23). The van der Waals surface area contributed by atoms with Crippen molar-refractivity contribution in [2.24, 2.45) is 0 Å². The first-order valence-electron chi connectivity index (χ1n) is 7.29. The number of hydrogen-bond donors (Lipinski definition) is 1. The van der Waals surface area contributed by atoms with E-state index in [0.717, 1.165) is 10.2 Å². The quantitative estimate of drug-likeness (QED) is 0.784. The van der Waals surface area contributed by atoms with Gasteiger partial charge in [-0.3, -0.25) is 19.9 Å². The summed E-state index contributed by atoms with van der Waals surface area (Å²) in [4.78, 5) is 28.4. The molecular formula is C16H15N5O3. The number of hydrogen-bond acceptors (Lipinski definition) is 6. The van der Waals surface area contributed by atoms with Crippen LogP contribution in [0, 0.1) is 6.92 Å². The van der Waals surface area contributed by atoms with Crippen LogP contribution in [-0.2, 0) is 4.79 Å². The average molecular weight is 325 g/mol. The van der Waals surface area contributed by atoms with Crippen molar-refractivity contribution in [3.05, 3.63) is 58.8 Å². The molecule has 122 valence electrons. The molecule has 0 fully saturated rings. The molecule has 8 heteroatoms. The smallest absolute Gasteiger partial charge is 0.267 e. The van der Waals surface area contributed by atoms with Crippen LogP contribution < -0.4 is 10.9 Å². The van der Waals surface area contributed by atoms with Crippen molar-refractivity contribution < 1.29 is 9.32 Å². The van der Waals surface area contributed by atoms with Gasteiger partial charge in [0.05, 0.1) is 11.4 Å². The summed E-state index contributed by atoms with van der Waals surface area (Å²) in [6.07, 6.45) is 3.29. The molecule has 0 aliphatic rings. The lowest BCUT2D eigenvalue weighted by Crippen LogP contribution is -2.33. The molecule has 0 aliphatic carbocycles. The third-order valence-electron chi connectivity index (χ3n) is 3.40. The molecule has 0 aliphatic heterocycles. The second-order valence-corrected chi connectivity index (χ2v) is 5.24. The number of aryl methyl sites for hydroxylation is 1. The van der Waals surface area contributed by atoms with Crippen molar-refractivity contribution in [3.63, 3.8) is 0 Å². The van der Waals surface area contributed by atoms with Gasteiger partial charge in [0, 0.05) is 30.1 Å². The summed E-state index contributed by atoms with van der Waals surface area (Å²) in [6, 6.07) is 7.34. The number of amides is 1. The van der Waals surface area contributed by atoms with Crippen molar-refractivity contribution in [3.8, 4) is 11.3 Å². The molecule has 0 spiro atoms. The molecule has 3 heterocycles. The highest BCUT2D eigenvalue weighted by atomic mass is 16.5. The summed E-state index contributed by atoms with van der Waals surface area (Å²) in [5, 5.41) is 10.5. The maximum Gasteiger partial charge on any atom is 0.267 e. The molecule has 8 nitrogen and oxygen atoms in total. The lowest BCUT2D eigenvalue weighted by atomic mass is 10.2. The van der Waals surface area contributed by atoms with Gasteiger partial charge in [-0.1, -0.05) is 5.16 Å². The lowest BCUT2D eigenvalue weighted by Gasteiger charge is -2.13. The van der Waals surface area contributed by atoms with E-state index in [2.05, 4.69) is 20.6 Å². The number of carbonyl (C=O) groups is 1. The minimum Gasteiger partial charge on any atom is -0.338 e. The molecule has 0 saturated carbocycles. The Morgan fingerprint density at radius 3 is 2.83 bits per heavy atom. The van der Waals surface area contributed by atoms with Crippen LogP contribution >= 0.6 is 0 Å². The van der Waals surface area contributed by atoms with Gasteiger partial charge in [-0.15, -0.1) is 0 Å². The van der Waals surface area contributed by atoms with Gasteiger partial charge in [-0.05, 0) is 32.0 Å². The van der Waals surface area contributed by atoms with E-state index in [4.69, 9.17) is 4.52 Å². The van der Waals surface area contributed by atoms with Crippen molar-refractivity contribution in [1.82, 2.24) is 19.9 Å². The summed E-state index contributed by atoms with van der Waals surface area (Å²) < 4.78 is 6.07. The Balaban J connectivity index is 1.87. The van der Waals surface area contributed by atoms with E-state index in [0.29, 0.717) is 11.4 Å². The summed E-state index contributed by atoms with van der Waals surface area (Å²) in [6.45, 7) is 3.33. The molecular weight excluding hydrogens is 310 g/mol. The third-order valence-corrected chi connectivity index (χ3v) is 3.40. The predicted octanol–water partition coefficient (Wildman–Crippen LogP) is 1.80. The molecule has 1 atom stereocenters. The van der Waals surface area contributed by atoms with Crippen LogP contribution in [0.15, 0.2) is 52.0 Å². The first kappa shape index (κ1) is 15.6. The highest BCUT2D eigenvalue weighted by Gasteiger charge is 2.19.